The Kier molecular flexibility index (Phi) is 3.36. The highest BCUT2D eigenvalue weighted by Crippen LogP contribution is 1.94. The maximum absolute atomic E-state index is 8.49. The highest BCUT2D eigenvalue weighted by molar-refractivity contribution is 5.21. The van der Waals surface area contributed by atoms with E-state index in [0.29, 0.717) is 6.42 Å². The van der Waals surface area contributed by atoms with E-state index in [2.05, 4.69) is 16.8 Å². The number of imidazole rings is 1. The molecule has 0 radical (unpaired) electrons. The lowest BCUT2D eigenvalue weighted by atomic mass is 10.4. The van der Waals surface area contributed by atoms with Crippen LogP contribution >= 0.6 is 0 Å². The number of hydrogen-bond donors (Lipinski definition) is 1. The van der Waals surface area contributed by atoms with Gasteiger partial charge in [-0.2, -0.15) is 0 Å². The molecule has 1 heterocycles. The van der Waals surface area contributed by atoms with Crippen molar-refractivity contribution in [3.05, 3.63) is 18.2 Å². The fraction of sp³-hybridized carbons (Fsp3) is 0.444. The molecular weight excluding hydrogens is 152 g/mol. The van der Waals surface area contributed by atoms with Crippen LogP contribution in [0, 0.1) is 11.8 Å². The molecule has 0 saturated carbocycles. The summed E-state index contributed by atoms with van der Waals surface area (Å²) in [6.07, 6.45) is 4.13. The van der Waals surface area contributed by atoms with E-state index in [4.69, 9.17) is 5.11 Å². The Bertz CT molecular complexity index is 293. The molecule has 0 atom stereocenters. The summed E-state index contributed by atoms with van der Waals surface area (Å²) in [6, 6.07) is 0. The van der Waals surface area contributed by atoms with Gasteiger partial charge in [0.15, 0.2) is 5.82 Å². The van der Waals surface area contributed by atoms with Crippen LogP contribution in [0.2, 0.25) is 0 Å². The Balaban J connectivity index is 2.69. The molecule has 12 heavy (non-hydrogen) atoms. The van der Waals surface area contributed by atoms with Crippen molar-refractivity contribution in [1.82, 2.24) is 9.55 Å². The highest BCUT2D eigenvalue weighted by Gasteiger charge is 1.93. The third-order valence-corrected chi connectivity index (χ3v) is 1.49. The molecule has 0 fully saturated rings. The largest absolute Gasteiger partial charge is 0.395 e. The van der Waals surface area contributed by atoms with E-state index >= 15 is 0 Å². The maximum atomic E-state index is 8.49. The third kappa shape index (κ3) is 2.11. The van der Waals surface area contributed by atoms with Gasteiger partial charge < -0.3 is 9.67 Å². The van der Waals surface area contributed by atoms with Gasteiger partial charge in [0.25, 0.3) is 0 Å². The molecule has 0 saturated heterocycles. The average molecular weight is 164 g/mol. The summed E-state index contributed by atoms with van der Waals surface area (Å²) in [5, 5.41) is 8.49. The van der Waals surface area contributed by atoms with E-state index in [0.717, 1.165) is 12.4 Å². The molecule has 1 aromatic heterocycles. The van der Waals surface area contributed by atoms with Gasteiger partial charge in [-0.15, -0.1) is 0 Å². The quantitative estimate of drug-likeness (QED) is 0.651. The lowest BCUT2D eigenvalue weighted by Crippen LogP contribution is -1.95. The van der Waals surface area contributed by atoms with Gasteiger partial charge in [0.1, 0.15) is 0 Å². The molecule has 3 nitrogen and oxygen atoms in total. The molecule has 1 N–H and O–H groups in total. The zero-order valence-corrected chi connectivity index (χ0v) is 7.12. The normalized spacial score (nSPS) is 9.17. The number of aromatic nitrogens is 2. The molecule has 0 aromatic carbocycles. The van der Waals surface area contributed by atoms with Crippen molar-refractivity contribution in [3.63, 3.8) is 0 Å². The molecule has 0 bridgehead atoms. The second kappa shape index (κ2) is 4.58. The molecule has 0 spiro atoms. The van der Waals surface area contributed by atoms with E-state index in [1.807, 2.05) is 17.7 Å². The van der Waals surface area contributed by atoms with Gasteiger partial charge >= 0.3 is 0 Å². The third-order valence-electron chi connectivity index (χ3n) is 1.49. The number of rotatable bonds is 2. The summed E-state index contributed by atoms with van der Waals surface area (Å²) >= 11 is 0. The average Bonchev–Trinajstić information content (AvgIpc) is 2.52. The molecule has 0 aliphatic rings. The van der Waals surface area contributed by atoms with Crippen LogP contribution in [0.3, 0.4) is 0 Å². The predicted octanol–water partition coefficient (Wildman–Crippen LogP) is 0.637. The maximum Gasteiger partial charge on any atom is 0.185 e. The summed E-state index contributed by atoms with van der Waals surface area (Å²) in [4.78, 5) is 4.07. The molecule has 1 rings (SSSR count). The molecule has 0 unspecified atom stereocenters. The standard InChI is InChI=1S/C9H12N2O/c1-2-11-7-6-10-9(11)5-3-4-8-12/h6-7,12H,2,4,8H2,1H3. The van der Waals surface area contributed by atoms with E-state index in [9.17, 15) is 0 Å². The Morgan fingerprint density at radius 3 is 3.17 bits per heavy atom. The summed E-state index contributed by atoms with van der Waals surface area (Å²) in [5.74, 6) is 6.49. The van der Waals surface area contributed by atoms with E-state index < -0.39 is 0 Å². The van der Waals surface area contributed by atoms with Crippen molar-refractivity contribution in [1.29, 1.82) is 0 Å². The van der Waals surface area contributed by atoms with Crippen LogP contribution in [-0.4, -0.2) is 21.3 Å². The van der Waals surface area contributed by atoms with Gasteiger partial charge in [0, 0.05) is 25.4 Å². The monoisotopic (exact) mass is 164 g/mol. The molecular formula is C9H12N2O. The van der Waals surface area contributed by atoms with Gasteiger partial charge in [-0.25, -0.2) is 4.98 Å². The first kappa shape index (κ1) is 8.82. The first-order chi connectivity index (χ1) is 5.88. The van der Waals surface area contributed by atoms with Crippen LogP contribution in [0.1, 0.15) is 19.2 Å². The minimum atomic E-state index is 0.111. The van der Waals surface area contributed by atoms with E-state index in [-0.39, 0.29) is 6.61 Å². The fourth-order valence-electron chi connectivity index (χ4n) is 0.886. The second-order valence-electron chi connectivity index (χ2n) is 2.31. The smallest absolute Gasteiger partial charge is 0.185 e. The van der Waals surface area contributed by atoms with Crippen molar-refractivity contribution in [2.75, 3.05) is 6.61 Å². The zero-order valence-electron chi connectivity index (χ0n) is 7.12. The van der Waals surface area contributed by atoms with Gasteiger partial charge in [-0.05, 0) is 12.8 Å². The topological polar surface area (TPSA) is 38.0 Å². The van der Waals surface area contributed by atoms with Crippen LogP contribution in [0.4, 0.5) is 0 Å². The number of aryl methyl sites for hydroxylation is 1. The lowest BCUT2D eigenvalue weighted by Gasteiger charge is -1.95. The minimum Gasteiger partial charge on any atom is -0.395 e. The number of hydrogen-bond acceptors (Lipinski definition) is 2. The van der Waals surface area contributed by atoms with Gasteiger partial charge in [-0.3, -0.25) is 0 Å². The first-order valence-corrected chi connectivity index (χ1v) is 3.99. The summed E-state index contributed by atoms with van der Waals surface area (Å²) in [6.45, 7) is 3.03. The van der Waals surface area contributed by atoms with Crippen molar-refractivity contribution in [3.8, 4) is 11.8 Å². The van der Waals surface area contributed by atoms with Crippen LogP contribution in [0.25, 0.3) is 0 Å². The fourth-order valence-corrected chi connectivity index (χ4v) is 0.886. The summed E-state index contributed by atoms with van der Waals surface area (Å²) in [7, 11) is 0. The van der Waals surface area contributed by atoms with Crippen LogP contribution in [-0.2, 0) is 6.54 Å². The van der Waals surface area contributed by atoms with E-state index in [1.54, 1.807) is 6.20 Å². The zero-order chi connectivity index (χ0) is 8.81. The Morgan fingerprint density at radius 2 is 2.50 bits per heavy atom. The van der Waals surface area contributed by atoms with Crippen LogP contribution in [0.15, 0.2) is 12.4 Å². The van der Waals surface area contributed by atoms with Gasteiger partial charge in [0.2, 0.25) is 0 Å². The Labute approximate surface area is 72.1 Å². The molecule has 64 valence electrons. The molecule has 0 aliphatic heterocycles. The second-order valence-corrected chi connectivity index (χ2v) is 2.31. The molecule has 1 aromatic rings. The number of nitrogens with zero attached hydrogens (tertiary/aromatic N) is 2. The van der Waals surface area contributed by atoms with Crippen molar-refractivity contribution < 1.29 is 5.11 Å². The number of aliphatic hydroxyl groups excluding tert-OH is 1. The van der Waals surface area contributed by atoms with Gasteiger partial charge in [-0.1, -0.05) is 5.92 Å². The van der Waals surface area contributed by atoms with Crippen molar-refractivity contribution >= 4 is 0 Å². The lowest BCUT2D eigenvalue weighted by molar-refractivity contribution is 0.305. The van der Waals surface area contributed by atoms with Crippen LogP contribution < -0.4 is 0 Å². The minimum absolute atomic E-state index is 0.111. The summed E-state index contributed by atoms with van der Waals surface area (Å²) in [5.41, 5.74) is 0. The number of aliphatic hydroxyl groups is 1. The SMILES string of the molecule is CCn1ccnc1C#CCCO. The Hall–Kier alpha value is -1.27. The van der Waals surface area contributed by atoms with Crippen molar-refractivity contribution in [2.24, 2.45) is 0 Å². The molecule has 3 heteroatoms. The van der Waals surface area contributed by atoms with E-state index in [1.165, 1.54) is 0 Å². The molecule has 0 amide bonds. The van der Waals surface area contributed by atoms with Crippen LogP contribution in [0.5, 0.6) is 0 Å². The highest BCUT2D eigenvalue weighted by atomic mass is 16.2. The van der Waals surface area contributed by atoms with Crippen molar-refractivity contribution in [2.45, 2.75) is 19.9 Å². The first-order valence-electron chi connectivity index (χ1n) is 3.99. The predicted molar refractivity (Wildman–Crippen MR) is 46.5 cm³/mol. The summed E-state index contributed by atoms with van der Waals surface area (Å²) < 4.78 is 1.96. The Morgan fingerprint density at radius 1 is 1.67 bits per heavy atom. The molecule has 0 aliphatic carbocycles. The van der Waals surface area contributed by atoms with Gasteiger partial charge in [0.05, 0.1) is 6.61 Å².